The number of hydrogen-bond acceptors (Lipinski definition) is 5. The summed E-state index contributed by atoms with van der Waals surface area (Å²) in [4.78, 5) is 54.4. The molecule has 9 nitrogen and oxygen atoms in total. The Hall–Kier alpha value is -2.97. The fraction of sp³-hybridized carbons (Fsp3) is 0.471. The van der Waals surface area contributed by atoms with Gasteiger partial charge in [0, 0.05) is 20.6 Å². The molecule has 0 spiro atoms. The molecule has 9 heteroatoms. The number of amides is 1. The molecule has 0 bridgehead atoms. The summed E-state index contributed by atoms with van der Waals surface area (Å²) in [7, 11) is 2.86. The van der Waals surface area contributed by atoms with Crippen LogP contribution in [0, 0.1) is 6.92 Å². The van der Waals surface area contributed by atoms with E-state index < -0.39 is 29.2 Å². The van der Waals surface area contributed by atoms with E-state index in [1.165, 1.54) is 29.6 Å². The second-order valence-electron chi connectivity index (χ2n) is 6.58. The lowest BCUT2D eigenvalue weighted by atomic mass is 10.0. The summed E-state index contributed by atoms with van der Waals surface area (Å²) in [5.41, 5.74) is -0.357. The third-order valence-electron chi connectivity index (χ3n) is 4.88. The first-order chi connectivity index (χ1) is 12.2. The number of nitrogens with zero attached hydrogens (tertiary/aromatic N) is 4. The number of carboxylic acid groups (broad SMARTS) is 1. The van der Waals surface area contributed by atoms with Crippen LogP contribution in [0.2, 0.25) is 0 Å². The molecule has 1 amide bonds. The van der Waals surface area contributed by atoms with Crippen molar-refractivity contribution in [2.45, 2.75) is 32.2 Å². The number of carboxylic acids is 1. The predicted octanol–water partition coefficient (Wildman–Crippen LogP) is 0.0199. The summed E-state index contributed by atoms with van der Waals surface area (Å²) >= 11 is 0. The van der Waals surface area contributed by atoms with Gasteiger partial charge in [-0.2, -0.15) is 0 Å². The molecule has 1 saturated heterocycles. The van der Waals surface area contributed by atoms with E-state index in [9.17, 15) is 24.3 Å². The highest BCUT2D eigenvalue weighted by Crippen LogP contribution is 2.21. The van der Waals surface area contributed by atoms with Gasteiger partial charge in [-0.15, -0.1) is 0 Å². The van der Waals surface area contributed by atoms with Crippen LogP contribution < -0.4 is 11.2 Å². The Morgan fingerprint density at radius 2 is 1.88 bits per heavy atom. The Kier molecular flexibility index (Phi) is 4.39. The largest absolute Gasteiger partial charge is 0.480 e. The fourth-order valence-electron chi connectivity index (χ4n) is 3.42. The molecule has 1 fully saturated rings. The summed E-state index contributed by atoms with van der Waals surface area (Å²) in [5.74, 6) is -1.55. The SMILES string of the molecule is Cc1cc(C(=O)N2CCCCC2C(=O)O)nc2c1c(=O)n(C)c(=O)n2C. The second kappa shape index (κ2) is 6.40. The Morgan fingerprint density at radius 3 is 2.54 bits per heavy atom. The number of aryl methyl sites for hydroxylation is 2. The van der Waals surface area contributed by atoms with Crippen LogP contribution in [0.5, 0.6) is 0 Å². The highest BCUT2D eigenvalue weighted by molar-refractivity contribution is 5.97. The molecule has 26 heavy (non-hydrogen) atoms. The lowest BCUT2D eigenvalue weighted by Gasteiger charge is -2.32. The van der Waals surface area contributed by atoms with Crippen LogP contribution in [-0.2, 0) is 18.9 Å². The van der Waals surface area contributed by atoms with E-state index in [1.807, 2.05) is 0 Å². The zero-order valence-electron chi connectivity index (χ0n) is 14.9. The first-order valence-electron chi connectivity index (χ1n) is 8.35. The number of piperidine rings is 1. The molecule has 0 aliphatic carbocycles. The van der Waals surface area contributed by atoms with Gasteiger partial charge >= 0.3 is 11.7 Å². The van der Waals surface area contributed by atoms with Crippen LogP contribution in [0.3, 0.4) is 0 Å². The van der Waals surface area contributed by atoms with Gasteiger partial charge in [-0.25, -0.2) is 14.6 Å². The molecule has 138 valence electrons. The average molecular weight is 360 g/mol. The average Bonchev–Trinajstić information content (AvgIpc) is 2.63. The Bertz CT molecular complexity index is 1040. The van der Waals surface area contributed by atoms with Crippen molar-refractivity contribution in [1.29, 1.82) is 0 Å². The highest BCUT2D eigenvalue weighted by atomic mass is 16.4. The Morgan fingerprint density at radius 1 is 1.19 bits per heavy atom. The summed E-state index contributed by atoms with van der Waals surface area (Å²) < 4.78 is 2.20. The van der Waals surface area contributed by atoms with Crippen molar-refractivity contribution in [3.8, 4) is 0 Å². The molecule has 1 N–H and O–H groups in total. The maximum Gasteiger partial charge on any atom is 0.332 e. The van der Waals surface area contributed by atoms with Gasteiger partial charge in [0.15, 0.2) is 0 Å². The van der Waals surface area contributed by atoms with E-state index in [0.717, 1.165) is 17.4 Å². The van der Waals surface area contributed by atoms with Crippen LogP contribution >= 0.6 is 0 Å². The summed E-state index contributed by atoms with van der Waals surface area (Å²) in [6.45, 7) is 2.00. The van der Waals surface area contributed by atoms with Crippen molar-refractivity contribution in [2.75, 3.05) is 6.54 Å². The predicted molar refractivity (Wildman–Crippen MR) is 93.3 cm³/mol. The Labute approximate surface area is 148 Å². The third kappa shape index (κ3) is 2.69. The maximum absolute atomic E-state index is 12.9. The minimum absolute atomic E-state index is 0.0337. The van der Waals surface area contributed by atoms with Gasteiger partial charge in [0.25, 0.3) is 11.5 Å². The van der Waals surface area contributed by atoms with Gasteiger partial charge in [-0.3, -0.25) is 18.7 Å². The van der Waals surface area contributed by atoms with Crippen molar-refractivity contribution >= 4 is 22.9 Å². The number of carbonyl (C=O) groups excluding carboxylic acids is 1. The van der Waals surface area contributed by atoms with Crippen LogP contribution in [0.1, 0.15) is 35.3 Å². The standard InChI is InChI=1S/C17H20N4O5/c1-9-8-10(14(22)21-7-5-4-6-11(21)16(24)25)18-13-12(9)15(23)20(3)17(26)19(13)2/h8,11H,4-7H2,1-3H3,(H,24,25). The monoisotopic (exact) mass is 360 g/mol. The molecular weight excluding hydrogens is 340 g/mol. The molecular formula is C17H20N4O5. The number of fused-ring (bicyclic) bond motifs is 1. The normalized spacial score (nSPS) is 17.5. The smallest absolute Gasteiger partial charge is 0.332 e. The van der Waals surface area contributed by atoms with E-state index in [2.05, 4.69) is 4.98 Å². The third-order valence-corrected chi connectivity index (χ3v) is 4.88. The first-order valence-corrected chi connectivity index (χ1v) is 8.35. The van der Waals surface area contributed by atoms with Crippen molar-refractivity contribution in [3.05, 3.63) is 38.2 Å². The zero-order valence-corrected chi connectivity index (χ0v) is 14.9. The van der Waals surface area contributed by atoms with E-state index in [4.69, 9.17) is 0 Å². The molecule has 1 aliphatic rings. The van der Waals surface area contributed by atoms with Gasteiger partial charge < -0.3 is 10.0 Å². The van der Waals surface area contributed by atoms with E-state index >= 15 is 0 Å². The molecule has 0 saturated carbocycles. The molecule has 0 aromatic carbocycles. The molecule has 3 heterocycles. The minimum Gasteiger partial charge on any atom is -0.480 e. The molecule has 2 aromatic heterocycles. The van der Waals surface area contributed by atoms with Crippen molar-refractivity contribution in [3.63, 3.8) is 0 Å². The number of likely N-dealkylation sites (tertiary alicyclic amines) is 1. The number of aromatic nitrogens is 3. The van der Waals surface area contributed by atoms with Crippen molar-refractivity contribution in [1.82, 2.24) is 19.0 Å². The highest BCUT2D eigenvalue weighted by Gasteiger charge is 2.33. The number of hydrogen-bond donors (Lipinski definition) is 1. The van der Waals surface area contributed by atoms with Gasteiger partial charge in [-0.1, -0.05) is 0 Å². The quantitative estimate of drug-likeness (QED) is 0.807. The molecule has 1 unspecified atom stereocenters. The molecule has 1 atom stereocenters. The summed E-state index contributed by atoms with van der Waals surface area (Å²) in [6.07, 6.45) is 1.86. The molecule has 2 aromatic rings. The van der Waals surface area contributed by atoms with Crippen LogP contribution in [0.15, 0.2) is 15.7 Å². The number of rotatable bonds is 2. The maximum atomic E-state index is 12.9. The number of aliphatic carboxylic acids is 1. The lowest BCUT2D eigenvalue weighted by Crippen LogP contribution is -2.48. The van der Waals surface area contributed by atoms with E-state index in [-0.39, 0.29) is 16.7 Å². The van der Waals surface area contributed by atoms with Crippen LogP contribution in [0.25, 0.3) is 11.0 Å². The number of pyridine rings is 1. The van der Waals surface area contributed by atoms with Gasteiger partial charge in [0.1, 0.15) is 17.4 Å². The minimum atomic E-state index is -1.04. The summed E-state index contributed by atoms with van der Waals surface area (Å²) in [5, 5.41) is 9.64. The topological polar surface area (TPSA) is 114 Å². The number of carbonyl (C=O) groups is 2. The zero-order chi connectivity index (χ0) is 19.2. The van der Waals surface area contributed by atoms with Crippen LogP contribution in [-0.4, -0.2) is 48.6 Å². The van der Waals surface area contributed by atoms with Gasteiger partial charge in [0.05, 0.1) is 5.39 Å². The van der Waals surface area contributed by atoms with Crippen molar-refractivity contribution in [2.24, 2.45) is 14.1 Å². The molecule has 0 radical (unpaired) electrons. The van der Waals surface area contributed by atoms with E-state index in [1.54, 1.807) is 6.92 Å². The fourth-order valence-corrected chi connectivity index (χ4v) is 3.42. The summed E-state index contributed by atoms with van der Waals surface area (Å²) in [6, 6.07) is 0.589. The van der Waals surface area contributed by atoms with Crippen LogP contribution in [0.4, 0.5) is 0 Å². The van der Waals surface area contributed by atoms with Gasteiger partial charge in [-0.05, 0) is 37.8 Å². The van der Waals surface area contributed by atoms with Gasteiger partial charge in [0.2, 0.25) is 0 Å². The Balaban J connectivity index is 2.17. The second-order valence-corrected chi connectivity index (χ2v) is 6.58. The van der Waals surface area contributed by atoms with Crippen molar-refractivity contribution < 1.29 is 14.7 Å². The molecule has 3 rings (SSSR count). The molecule has 1 aliphatic heterocycles. The first kappa shape index (κ1) is 17.8. The lowest BCUT2D eigenvalue weighted by molar-refractivity contribution is -0.143. The van der Waals surface area contributed by atoms with E-state index in [0.29, 0.717) is 18.5 Å².